The summed E-state index contributed by atoms with van der Waals surface area (Å²) in [7, 11) is 3.92. The summed E-state index contributed by atoms with van der Waals surface area (Å²) in [6.07, 6.45) is 1.82. The summed E-state index contributed by atoms with van der Waals surface area (Å²) >= 11 is 0. The molecule has 0 unspecified atom stereocenters. The quantitative estimate of drug-likeness (QED) is 0.711. The molecule has 0 aromatic carbocycles. The molecule has 0 aliphatic carbocycles. The molecule has 0 fully saturated rings. The zero-order valence-electron chi connectivity index (χ0n) is 8.70. The Balaban J connectivity index is 2.93. The van der Waals surface area contributed by atoms with Gasteiger partial charge in [-0.3, -0.25) is 10.4 Å². The number of hydrogen-bond acceptors (Lipinski definition) is 3. The summed E-state index contributed by atoms with van der Waals surface area (Å²) in [6, 6.07) is 5.97. The van der Waals surface area contributed by atoms with Crippen LogP contribution in [0.25, 0.3) is 0 Å². The van der Waals surface area contributed by atoms with Crippen LogP contribution in [0.4, 0.5) is 0 Å². The third kappa shape index (κ3) is 2.05. The van der Waals surface area contributed by atoms with Gasteiger partial charge in [0.25, 0.3) is 0 Å². The van der Waals surface area contributed by atoms with Gasteiger partial charge >= 0.3 is 0 Å². The molecule has 0 saturated heterocycles. The molecule has 0 amide bonds. The first-order valence-corrected chi connectivity index (χ1v) is 4.41. The van der Waals surface area contributed by atoms with Crippen molar-refractivity contribution in [3.05, 3.63) is 30.1 Å². The van der Waals surface area contributed by atoms with E-state index in [1.165, 1.54) is 0 Å². The minimum absolute atomic E-state index is 0.0873. The molecule has 3 nitrogen and oxygen atoms in total. The van der Waals surface area contributed by atoms with E-state index in [0.717, 1.165) is 5.69 Å². The maximum Gasteiger partial charge on any atom is 0.0714 e. The maximum absolute atomic E-state index is 4.34. The molecule has 1 aromatic rings. The number of hydrogen-bond donors (Lipinski definition) is 1. The van der Waals surface area contributed by atoms with E-state index in [2.05, 4.69) is 24.3 Å². The molecule has 0 spiro atoms. The van der Waals surface area contributed by atoms with Gasteiger partial charge in [0.05, 0.1) is 11.2 Å². The largest absolute Gasteiger partial charge is 0.259 e. The van der Waals surface area contributed by atoms with Gasteiger partial charge in [-0.05, 0) is 33.0 Å². The third-order valence-corrected chi connectivity index (χ3v) is 2.47. The van der Waals surface area contributed by atoms with Crippen LogP contribution >= 0.6 is 0 Å². The van der Waals surface area contributed by atoms with Crippen molar-refractivity contribution >= 4 is 0 Å². The van der Waals surface area contributed by atoms with E-state index >= 15 is 0 Å². The Morgan fingerprint density at radius 3 is 2.54 bits per heavy atom. The number of hydrazine groups is 1. The summed E-state index contributed by atoms with van der Waals surface area (Å²) in [5.41, 5.74) is 4.07. The van der Waals surface area contributed by atoms with Crippen molar-refractivity contribution in [1.29, 1.82) is 0 Å². The van der Waals surface area contributed by atoms with Crippen molar-refractivity contribution < 1.29 is 0 Å². The molecule has 0 radical (unpaired) electrons. The number of nitrogens with zero attached hydrogens (tertiary/aromatic N) is 2. The van der Waals surface area contributed by atoms with E-state index in [9.17, 15) is 0 Å². The highest BCUT2D eigenvalue weighted by molar-refractivity contribution is 5.12. The number of nitrogens with one attached hydrogen (secondary N) is 1. The summed E-state index contributed by atoms with van der Waals surface area (Å²) in [6.45, 7) is 4.26. The molecule has 0 bridgehead atoms. The predicted molar refractivity (Wildman–Crippen MR) is 54.1 cm³/mol. The van der Waals surface area contributed by atoms with Crippen LogP contribution in [-0.2, 0) is 5.54 Å². The van der Waals surface area contributed by atoms with Gasteiger partial charge in [-0.25, -0.2) is 5.01 Å². The topological polar surface area (TPSA) is 28.2 Å². The summed E-state index contributed by atoms with van der Waals surface area (Å²) in [5.74, 6) is 0. The molecule has 1 aromatic heterocycles. The zero-order valence-corrected chi connectivity index (χ0v) is 8.70. The average Bonchev–Trinajstić information content (AvgIpc) is 2.18. The molecule has 1 N–H and O–H groups in total. The van der Waals surface area contributed by atoms with Gasteiger partial charge in [-0.15, -0.1) is 0 Å². The minimum Gasteiger partial charge on any atom is -0.259 e. The molecular weight excluding hydrogens is 162 g/mol. The lowest BCUT2D eigenvalue weighted by molar-refractivity contribution is 0.100. The van der Waals surface area contributed by atoms with Gasteiger partial charge in [-0.1, -0.05) is 6.07 Å². The summed E-state index contributed by atoms with van der Waals surface area (Å²) in [5, 5.41) is 2.04. The van der Waals surface area contributed by atoms with E-state index in [0.29, 0.717) is 0 Å². The van der Waals surface area contributed by atoms with Crippen molar-refractivity contribution in [2.45, 2.75) is 19.4 Å². The molecule has 0 saturated carbocycles. The molecule has 0 atom stereocenters. The van der Waals surface area contributed by atoms with Gasteiger partial charge < -0.3 is 0 Å². The normalized spacial score (nSPS) is 12.1. The molecule has 0 aliphatic heterocycles. The predicted octanol–water partition coefficient (Wildman–Crippen LogP) is 1.38. The average molecular weight is 179 g/mol. The molecule has 3 heteroatoms. The fraction of sp³-hybridized carbons (Fsp3) is 0.500. The van der Waals surface area contributed by atoms with Gasteiger partial charge in [0.15, 0.2) is 0 Å². The van der Waals surface area contributed by atoms with Crippen molar-refractivity contribution in [1.82, 2.24) is 15.4 Å². The van der Waals surface area contributed by atoms with Crippen molar-refractivity contribution in [3.63, 3.8) is 0 Å². The van der Waals surface area contributed by atoms with Crippen LogP contribution in [0.5, 0.6) is 0 Å². The molecule has 1 rings (SSSR count). The molecule has 1 heterocycles. The van der Waals surface area contributed by atoms with Crippen LogP contribution in [0.1, 0.15) is 19.5 Å². The van der Waals surface area contributed by atoms with Crippen LogP contribution in [0.2, 0.25) is 0 Å². The van der Waals surface area contributed by atoms with Gasteiger partial charge in [0.1, 0.15) is 0 Å². The fourth-order valence-corrected chi connectivity index (χ4v) is 1.18. The highest BCUT2D eigenvalue weighted by atomic mass is 15.5. The Labute approximate surface area is 79.8 Å². The summed E-state index contributed by atoms with van der Waals surface area (Å²) in [4.78, 5) is 4.34. The van der Waals surface area contributed by atoms with Crippen LogP contribution in [0.15, 0.2) is 24.4 Å². The zero-order chi connectivity index (χ0) is 9.90. The Hall–Kier alpha value is -0.930. The minimum atomic E-state index is -0.0873. The van der Waals surface area contributed by atoms with E-state index in [4.69, 9.17) is 0 Å². The Morgan fingerprint density at radius 2 is 2.08 bits per heavy atom. The highest BCUT2D eigenvalue weighted by Crippen LogP contribution is 2.21. The SMILES string of the molecule is CNN(C)C(C)(C)c1ccccn1. The highest BCUT2D eigenvalue weighted by Gasteiger charge is 2.25. The van der Waals surface area contributed by atoms with E-state index in [-0.39, 0.29) is 5.54 Å². The molecule has 0 aliphatic rings. The van der Waals surface area contributed by atoms with Gasteiger partial charge in [-0.2, -0.15) is 0 Å². The second kappa shape index (κ2) is 3.85. The maximum atomic E-state index is 4.34. The first-order chi connectivity index (χ1) is 6.09. The fourth-order valence-electron chi connectivity index (χ4n) is 1.18. The van der Waals surface area contributed by atoms with Crippen molar-refractivity contribution in [2.24, 2.45) is 0 Å². The van der Waals surface area contributed by atoms with E-state index in [1.54, 1.807) is 0 Å². The number of rotatable bonds is 3. The first kappa shape index (κ1) is 10.2. The lowest BCUT2D eigenvalue weighted by Gasteiger charge is -2.34. The van der Waals surface area contributed by atoms with Crippen molar-refractivity contribution in [3.8, 4) is 0 Å². The van der Waals surface area contributed by atoms with Crippen molar-refractivity contribution in [2.75, 3.05) is 14.1 Å². The summed E-state index contributed by atoms with van der Waals surface area (Å²) < 4.78 is 0. The number of pyridine rings is 1. The molecular formula is C10H17N3. The Morgan fingerprint density at radius 1 is 1.38 bits per heavy atom. The molecule has 72 valence electrons. The van der Waals surface area contributed by atoms with Gasteiger partial charge in [0, 0.05) is 13.2 Å². The third-order valence-electron chi connectivity index (χ3n) is 2.47. The second-order valence-electron chi connectivity index (χ2n) is 3.56. The lowest BCUT2D eigenvalue weighted by atomic mass is 10.00. The lowest BCUT2D eigenvalue weighted by Crippen LogP contribution is -2.46. The van der Waals surface area contributed by atoms with E-state index < -0.39 is 0 Å². The standard InChI is InChI=1S/C10H17N3/c1-10(2,13(4)11-3)9-7-5-6-8-12-9/h5-8,11H,1-4H3. The van der Waals surface area contributed by atoms with Crippen LogP contribution in [0, 0.1) is 0 Å². The van der Waals surface area contributed by atoms with Crippen LogP contribution in [0.3, 0.4) is 0 Å². The molecule has 13 heavy (non-hydrogen) atoms. The Bertz CT molecular complexity index is 256. The first-order valence-electron chi connectivity index (χ1n) is 4.41. The second-order valence-corrected chi connectivity index (χ2v) is 3.56. The van der Waals surface area contributed by atoms with Gasteiger partial charge in [0.2, 0.25) is 0 Å². The van der Waals surface area contributed by atoms with Crippen LogP contribution < -0.4 is 5.43 Å². The monoisotopic (exact) mass is 179 g/mol. The van der Waals surface area contributed by atoms with Crippen LogP contribution in [-0.4, -0.2) is 24.1 Å². The number of aromatic nitrogens is 1. The smallest absolute Gasteiger partial charge is 0.0714 e. The van der Waals surface area contributed by atoms with E-state index in [1.807, 2.05) is 43.5 Å². The Kier molecular flexibility index (Phi) is 3.01.